The van der Waals surface area contributed by atoms with Crippen molar-refractivity contribution in [2.45, 2.75) is 31.2 Å². The van der Waals surface area contributed by atoms with Gasteiger partial charge in [-0.3, -0.25) is 4.79 Å². The maximum atomic E-state index is 11.4. The summed E-state index contributed by atoms with van der Waals surface area (Å²) < 4.78 is 0.917. The minimum Gasteiger partial charge on any atom is -0.378 e. The lowest BCUT2D eigenvalue weighted by Gasteiger charge is -2.31. The fourth-order valence-electron chi connectivity index (χ4n) is 2.55. The van der Waals surface area contributed by atoms with Gasteiger partial charge in [-0.2, -0.15) is 0 Å². The first-order valence-electron chi connectivity index (χ1n) is 6.14. The summed E-state index contributed by atoms with van der Waals surface area (Å²) in [5.41, 5.74) is 12.5. The number of hydrogen-bond acceptors (Lipinski definition) is 3. The molecular weight excluding hydrogens is 294 g/mol. The molecule has 1 amide bonds. The van der Waals surface area contributed by atoms with E-state index in [-0.39, 0.29) is 5.54 Å². The Kier molecular flexibility index (Phi) is 3.92. The molecule has 98 valence electrons. The standard InChI is InChI=1S/C13H18BrN3O/c14-9-3-4-10(12(16)18)11(7-9)17-13(8-15)5-1-2-6-13/h3-4,7,17H,1-2,5-6,8,15H2,(H2,16,18). The number of rotatable bonds is 4. The van der Waals surface area contributed by atoms with E-state index in [4.69, 9.17) is 11.5 Å². The van der Waals surface area contributed by atoms with Crippen LogP contribution in [0.2, 0.25) is 0 Å². The Morgan fingerprint density at radius 2 is 2.06 bits per heavy atom. The summed E-state index contributed by atoms with van der Waals surface area (Å²) in [6.45, 7) is 0.567. The molecular formula is C13H18BrN3O. The molecule has 1 aliphatic rings. The van der Waals surface area contributed by atoms with Crippen LogP contribution in [0.15, 0.2) is 22.7 Å². The number of carbonyl (C=O) groups is 1. The highest BCUT2D eigenvalue weighted by molar-refractivity contribution is 9.10. The largest absolute Gasteiger partial charge is 0.378 e. The lowest BCUT2D eigenvalue weighted by atomic mass is 9.96. The molecule has 0 heterocycles. The molecule has 0 atom stereocenters. The Balaban J connectivity index is 2.32. The normalized spacial score (nSPS) is 17.7. The SMILES string of the molecule is NCC1(Nc2cc(Br)ccc2C(N)=O)CCCC1. The molecule has 1 aromatic carbocycles. The predicted octanol–water partition coefficient (Wildman–Crippen LogP) is 2.23. The van der Waals surface area contributed by atoms with Gasteiger partial charge in [-0.25, -0.2) is 0 Å². The van der Waals surface area contributed by atoms with Crippen LogP contribution < -0.4 is 16.8 Å². The van der Waals surface area contributed by atoms with E-state index in [1.807, 2.05) is 12.1 Å². The Morgan fingerprint density at radius 1 is 1.39 bits per heavy atom. The van der Waals surface area contributed by atoms with Crippen molar-refractivity contribution in [1.82, 2.24) is 0 Å². The lowest BCUT2D eigenvalue weighted by Crippen LogP contribution is -2.43. The van der Waals surface area contributed by atoms with Crippen LogP contribution in [0.4, 0.5) is 5.69 Å². The quantitative estimate of drug-likeness (QED) is 0.797. The van der Waals surface area contributed by atoms with Crippen molar-refractivity contribution in [2.75, 3.05) is 11.9 Å². The zero-order valence-corrected chi connectivity index (χ0v) is 11.8. The summed E-state index contributed by atoms with van der Waals surface area (Å²) in [5.74, 6) is -0.421. The molecule has 1 aliphatic carbocycles. The van der Waals surface area contributed by atoms with Crippen LogP contribution in [0.25, 0.3) is 0 Å². The second kappa shape index (κ2) is 5.28. The van der Waals surface area contributed by atoms with E-state index in [2.05, 4.69) is 21.2 Å². The monoisotopic (exact) mass is 311 g/mol. The second-order valence-electron chi connectivity index (χ2n) is 4.87. The fraction of sp³-hybridized carbons (Fsp3) is 0.462. The molecule has 2 rings (SSSR count). The van der Waals surface area contributed by atoms with Crippen LogP contribution >= 0.6 is 15.9 Å². The van der Waals surface area contributed by atoms with Gasteiger partial charge < -0.3 is 16.8 Å². The number of halogens is 1. The summed E-state index contributed by atoms with van der Waals surface area (Å²) in [6, 6.07) is 5.43. The van der Waals surface area contributed by atoms with Crippen molar-refractivity contribution in [3.05, 3.63) is 28.2 Å². The van der Waals surface area contributed by atoms with Crippen LogP contribution in [0, 0.1) is 0 Å². The van der Waals surface area contributed by atoms with Gasteiger partial charge in [0.25, 0.3) is 5.91 Å². The first-order chi connectivity index (χ1) is 8.56. The van der Waals surface area contributed by atoms with Gasteiger partial charge in [0.05, 0.1) is 5.56 Å². The first kappa shape index (κ1) is 13.4. The molecule has 0 aromatic heterocycles. The van der Waals surface area contributed by atoms with Crippen LogP contribution in [-0.2, 0) is 0 Å². The van der Waals surface area contributed by atoms with E-state index in [0.717, 1.165) is 23.0 Å². The number of amides is 1. The molecule has 1 aromatic rings. The number of benzene rings is 1. The topological polar surface area (TPSA) is 81.1 Å². The fourth-order valence-corrected chi connectivity index (χ4v) is 2.91. The van der Waals surface area contributed by atoms with Crippen molar-refractivity contribution < 1.29 is 4.79 Å². The Bertz CT molecular complexity index is 456. The third-order valence-electron chi connectivity index (χ3n) is 3.60. The van der Waals surface area contributed by atoms with Gasteiger partial charge in [-0.05, 0) is 31.0 Å². The lowest BCUT2D eigenvalue weighted by molar-refractivity contribution is 0.100. The molecule has 0 saturated heterocycles. The van der Waals surface area contributed by atoms with Gasteiger partial charge in [-0.15, -0.1) is 0 Å². The summed E-state index contributed by atoms with van der Waals surface area (Å²) >= 11 is 3.41. The first-order valence-corrected chi connectivity index (χ1v) is 6.93. The minimum absolute atomic E-state index is 0.0923. The van der Waals surface area contributed by atoms with Gasteiger partial charge in [0, 0.05) is 22.2 Å². The van der Waals surface area contributed by atoms with Crippen LogP contribution in [0.5, 0.6) is 0 Å². The van der Waals surface area contributed by atoms with Gasteiger partial charge >= 0.3 is 0 Å². The van der Waals surface area contributed by atoms with Gasteiger partial charge in [0.15, 0.2) is 0 Å². The summed E-state index contributed by atoms with van der Waals surface area (Å²) in [5, 5.41) is 3.44. The predicted molar refractivity (Wildman–Crippen MR) is 76.5 cm³/mol. The maximum absolute atomic E-state index is 11.4. The molecule has 5 heteroatoms. The van der Waals surface area contributed by atoms with Crippen molar-refractivity contribution in [3.63, 3.8) is 0 Å². The molecule has 0 bridgehead atoms. The van der Waals surface area contributed by atoms with Crippen molar-refractivity contribution in [3.8, 4) is 0 Å². The van der Waals surface area contributed by atoms with Crippen LogP contribution in [0.3, 0.4) is 0 Å². The zero-order chi connectivity index (χ0) is 13.2. The Morgan fingerprint density at radius 3 is 2.61 bits per heavy atom. The summed E-state index contributed by atoms with van der Waals surface area (Å²) in [4.78, 5) is 11.4. The van der Waals surface area contributed by atoms with E-state index in [1.54, 1.807) is 6.07 Å². The van der Waals surface area contributed by atoms with E-state index in [0.29, 0.717) is 12.1 Å². The van der Waals surface area contributed by atoms with Crippen molar-refractivity contribution in [1.29, 1.82) is 0 Å². The number of hydrogen-bond donors (Lipinski definition) is 3. The van der Waals surface area contributed by atoms with Crippen LogP contribution in [0.1, 0.15) is 36.0 Å². The van der Waals surface area contributed by atoms with Crippen molar-refractivity contribution >= 4 is 27.5 Å². The van der Waals surface area contributed by atoms with E-state index < -0.39 is 5.91 Å². The molecule has 1 saturated carbocycles. The number of carbonyl (C=O) groups excluding carboxylic acids is 1. The van der Waals surface area contributed by atoms with E-state index in [9.17, 15) is 4.79 Å². The van der Waals surface area contributed by atoms with Crippen molar-refractivity contribution in [2.24, 2.45) is 11.5 Å². The number of nitrogens with one attached hydrogen (secondary N) is 1. The molecule has 0 spiro atoms. The number of anilines is 1. The third-order valence-corrected chi connectivity index (χ3v) is 4.09. The number of nitrogens with two attached hydrogens (primary N) is 2. The highest BCUT2D eigenvalue weighted by Crippen LogP contribution is 2.34. The smallest absolute Gasteiger partial charge is 0.250 e. The summed E-state index contributed by atoms with van der Waals surface area (Å²) in [6.07, 6.45) is 4.41. The molecule has 5 N–H and O–H groups in total. The van der Waals surface area contributed by atoms with Gasteiger partial charge in [-0.1, -0.05) is 28.8 Å². The molecule has 4 nitrogen and oxygen atoms in total. The molecule has 0 aliphatic heterocycles. The molecule has 0 unspecified atom stereocenters. The molecule has 1 fully saturated rings. The zero-order valence-electron chi connectivity index (χ0n) is 10.2. The van der Waals surface area contributed by atoms with Gasteiger partial charge in [0.2, 0.25) is 0 Å². The third kappa shape index (κ3) is 2.67. The molecule has 0 radical (unpaired) electrons. The Hall–Kier alpha value is -1.07. The highest BCUT2D eigenvalue weighted by Gasteiger charge is 2.33. The molecule has 18 heavy (non-hydrogen) atoms. The minimum atomic E-state index is -0.421. The van der Waals surface area contributed by atoms with Gasteiger partial charge in [0.1, 0.15) is 0 Å². The average molecular weight is 312 g/mol. The Labute approximate surface area is 115 Å². The highest BCUT2D eigenvalue weighted by atomic mass is 79.9. The maximum Gasteiger partial charge on any atom is 0.250 e. The van der Waals surface area contributed by atoms with E-state index in [1.165, 1.54) is 12.8 Å². The van der Waals surface area contributed by atoms with E-state index >= 15 is 0 Å². The second-order valence-corrected chi connectivity index (χ2v) is 5.79. The number of primary amides is 1. The van der Waals surface area contributed by atoms with Crippen LogP contribution in [-0.4, -0.2) is 18.0 Å². The summed E-state index contributed by atoms with van der Waals surface area (Å²) in [7, 11) is 0. The average Bonchev–Trinajstić information content (AvgIpc) is 2.78.